The largest absolute Gasteiger partial charge is 0.289 e. The van der Waals surface area contributed by atoms with Crippen LogP contribution in [0.2, 0.25) is 0 Å². The number of aliphatic imine (C=N–C) groups is 1. The molecule has 0 fully saturated rings. The molecule has 0 aliphatic heterocycles. The van der Waals surface area contributed by atoms with E-state index >= 15 is 0 Å². The van der Waals surface area contributed by atoms with E-state index in [1.54, 1.807) is 35.9 Å². The van der Waals surface area contributed by atoms with Crippen LogP contribution in [0.1, 0.15) is 17.3 Å². The molecular formula is C17H13BrCl2N2OS2. The van der Waals surface area contributed by atoms with Gasteiger partial charge in [0.2, 0.25) is 6.19 Å². The minimum absolute atomic E-state index is 0.112. The fraction of sp³-hybridized carbons (Fsp3) is 0.118. The van der Waals surface area contributed by atoms with Gasteiger partial charge in [-0.3, -0.25) is 4.79 Å². The molecule has 25 heavy (non-hydrogen) atoms. The van der Waals surface area contributed by atoms with Crippen LogP contribution in [0.5, 0.6) is 0 Å². The zero-order valence-electron chi connectivity index (χ0n) is 13.1. The van der Waals surface area contributed by atoms with E-state index in [9.17, 15) is 4.79 Å². The first kappa shape index (κ1) is 22.1. The molecular weight excluding hydrogens is 463 g/mol. The summed E-state index contributed by atoms with van der Waals surface area (Å²) < 4.78 is 1.64. The van der Waals surface area contributed by atoms with Crippen molar-refractivity contribution in [1.29, 1.82) is 5.26 Å². The van der Waals surface area contributed by atoms with Gasteiger partial charge >= 0.3 is 0 Å². The monoisotopic (exact) mass is 474 g/mol. The molecule has 8 heteroatoms. The molecule has 0 saturated carbocycles. The predicted molar refractivity (Wildman–Crippen MR) is 114 cm³/mol. The summed E-state index contributed by atoms with van der Waals surface area (Å²) in [5, 5.41) is 10.4. The number of halogens is 3. The average Bonchev–Trinajstić information content (AvgIpc) is 2.58. The van der Waals surface area contributed by atoms with Crippen molar-refractivity contribution in [2.24, 2.45) is 4.99 Å². The Bertz CT molecular complexity index is 762. The smallest absolute Gasteiger partial charge is 0.207 e. The standard InChI is InChI=1S/C17H13BrCl2N2OS2/c1-12(2-7-16(19)20)10-25-17(22-11-21)24-9-8-15(23)13-3-5-14(18)6-4-13/h2-9H,10H2,1H3/b9-8-,12-2-,22-17?. The van der Waals surface area contributed by atoms with Gasteiger partial charge in [0.15, 0.2) is 5.78 Å². The Morgan fingerprint density at radius 3 is 2.60 bits per heavy atom. The van der Waals surface area contributed by atoms with E-state index in [4.69, 9.17) is 28.5 Å². The quantitative estimate of drug-likeness (QED) is 0.114. The highest BCUT2D eigenvalue weighted by Crippen LogP contribution is 2.21. The van der Waals surface area contributed by atoms with E-state index in [0.717, 1.165) is 10.0 Å². The maximum atomic E-state index is 12.0. The van der Waals surface area contributed by atoms with Crippen LogP contribution in [-0.2, 0) is 0 Å². The Hall–Kier alpha value is -0.970. The lowest BCUT2D eigenvalue weighted by Gasteiger charge is -2.01. The van der Waals surface area contributed by atoms with Crippen LogP contribution in [-0.4, -0.2) is 15.9 Å². The number of carbonyl (C=O) groups excluding carboxylic acids is 1. The van der Waals surface area contributed by atoms with Gasteiger partial charge in [0.05, 0.1) is 0 Å². The van der Waals surface area contributed by atoms with Gasteiger partial charge in [-0.25, -0.2) is 0 Å². The highest BCUT2D eigenvalue weighted by atomic mass is 79.9. The van der Waals surface area contributed by atoms with E-state index in [-0.39, 0.29) is 10.3 Å². The number of allylic oxidation sites excluding steroid dienone is 3. The number of hydrogen-bond donors (Lipinski definition) is 0. The van der Waals surface area contributed by atoms with Crippen LogP contribution in [0.15, 0.2) is 67.4 Å². The summed E-state index contributed by atoms with van der Waals surface area (Å²) in [4.78, 5) is 15.8. The third-order valence-corrected chi connectivity index (χ3v) is 5.50. The minimum Gasteiger partial charge on any atom is -0.289 e. The summed E-state index contributed by atoms with van der Waals surface area (Å²) >= 11 is 17.0. The van der Waals surface area contributed by atoms with Crippen LogP contribution in [0.25, 0.3) is 0 Å². The molecule has 0 aliphatic rings. The molecule has 0 aliphatic carbocycles. The van der Waals surface area contributed by atoms with Gasteiger partial charge in [-0.1, -0.05) is 74.3 Å². The van der Waals surface area contributed by atoms with Crippen molar-refractivity contribution in [2.45, 2.75) is 6.92 Å². The number of rotatable bonds is 6. The Balaban J connectivity index is 2.61. The molecule has 1 rings (SSSR count). The van der Waals surface area contributed by atoms with Crippen LogP contribution < -0.4 is 0 Å². The van der Waals surface area contributed by atoms with E-state index in [1.807, 2.05) is 19.1 Å². The van der Waals surface area contributed by atoms with E-state index < -0.39 is 0 Å². The van der Waals surface area contributed by atoms with Crippen LogP contribution in [0.3, 0.4) is 0 Å². The normalized spacial score (nSPS) is 12.1. The SMILES string of the molecule is C/C(=C/C=C(Cl)Cl)CSC(=NC#N)S/C=C\C(=O)c1ccc(Br)cc1. The third-order valence-electron chi connectivity index (χ3n) is 2.58. The second-order valence-corrected chi connectivity index (χ2v) is 8.57. The Morgan fingerprint density at radius 1 is 1.32 bits per heavy atom. The molecule has 0 heterocycles. The summed E-state index contributed by atoms with van der Waals surface area (Å²) in [5.41, 5.74) is 1.61. The fourth-order valence-corrected chi connectivity index (χ4v) is 3.39. The minimum atomic E-state index is -0.112. The third kappa shape index (κ3) is 9.93. The van der Waals surface area contributed by atoms with Crippen molar-refractivity contribution in [3.05, 3.63) is 68.0 Å². The van der Waals surface area contributed by atoms with E-state index in [2.05, 4.69) is 20.9 Å². The lowest BCUT2D eigenvalue weighted by atomic mass is 10.1. The Morgan fingerprint density at radius 2 is 2.00 bits per heavy atom. The van der Waals surface area contributed by atoms with Gasteiger partial charge in [-0.2, -0.15) is 10.3 Å². The number of hydrogen-bond acceptors (Lipinski definition) is 5. The first-order chi connectivity index (χ1) is 11.9. The molecule has 0 unspecified atom stereocenters. The highest BCUT2D eigenvalue weighted by Gasteiger charge is 2.03. The maximum Gasteiger partial charge on any atom is 0.207 e. The maximum absolute atomic E-state index is 12.0. The molecule has 0 N–H and O–H groups in total. The number of nitrogens with zero attached hydrogens (tertiary/aromatic N) is 2. The second kappa shape index (κ2) is 12.4. The average molecular weight is 476 g/mol. The summed E-state index contributed by atoms with van der Waals surface area (Å²) in [5.74, 6) is 0.513. The number of carbonyl (C=O) groups is 1. The van der Waals surface area contributed by atoms with Crippen LogP contribution >= 0.6 is 62.7 Å². The summed E-state index contributed by atoms with van der Waals surface area (Å²) in [6.45, 7) is 1.92. The molecule has 0 atom stereocenters. The fourth-order valence-electron chi connectivity index (χ4n) is 1.43. The Labute approximate surface area is 174 Å². The van der Waals surface area contributed by atoms with Crippen LogP contribution in [0, 0.1) is 11.5 Å². The van der Waals surface area contributed by atoms with Crippen molar-refractivity contribution >= 4 is 72.8 Å². The topological polar surface area (TPSA) is 53.2 Å². The summed E-state index contributed by atoms with van der Waals surface area (Å²) in [6, 6.07) is 7.10. The van der Waals surface area contributed by atoms with Gasteiger partial charge in [-0.15, -0.1) is 0 Å². The van der Waals surface area contributed by atoms with Crippen molar-refractivity contribution in [2.75, 3.05) is 5.75 Å². The lowest BCUT2D eigenvalue weighted by Crippen LogP contribution is -1.93. The van der Waals surface area contributed by atoms with Gasteiger partial charge in [0, 0.05) is 15.8 Å². The molecule has 3 nitrogen and oxygen atoms in total. The number of nitriles is 1. The van der Waals surface area contributed by atoms with Crippen molar-refractivity contribution in [1.82, 2.24) is 0 Å². The molecule has 130 valence electrons. The zero-order chi connectivity index (χ0) is 18.7. The van der Waals surface area contributed by atoms with Crippen molar-refractivity contribution < 1.29 is 4.79 Å². The molecule has 0 spiro atoms. The molecule has 0 amide bonds. The molecule has 0 radical (unpaired) electrons. The molecule has 0 saturated heterocycles. The molecule has 1 aromatic carbocycles. The van der Waals surface area contributed by atoms with E-state index in [1.165, 1.54) is 29.6 Å². The van der Waals surface area contributed by atoms with Gasteiger partial charge < -0.3 is 0 Å². The molecule has 0 bridgehead atoms. The summed E-state index contributed by atoms with van der Waals surface area (Å²) in [7, 11) is 0. The van der Waals surface area contributed by atoms with Crippen molar-refractivity contribution in [3.8, 4) is 6.19 Å². The highest BCUT2D eigenvalue weighted by molar-refractivity contribution is 9.10. The molecule has 1 aromatic rings. The van der Waals surface area contributed by atoms with Crippen LogP contribution in [0.4, 0.5) is 0 Å². The first-order valence-electron chi connectivity index (χ1n) is 6.83. The van der Waals surface area contributed by atoms with E-state index in [0.29, 0.717) is 15.7 Å². The number of thioether (sulfide) groups is 2. The first-order valence-corrected chi connectivity index (χ1v) is 10.2. The number of benzene rings is 1. The number of ketones is 1. The molecule has 0 aromatic heterocycles. The predicted octanol–water partition coefficient (Wildman–Crippen LogP) is 6.71. The summed E-state index contributed by atoms with van der Waals surface area (Å²) in [6.07, 6.45) is 6.61. The van der Waals surface area contributed by atoms with Gasteiger partial charge in [0.25, 0.3) is 0 Å². The zero-order valence-corrected chi connectivity index (χ0v) is 17.8. The van der Waals surface area contributed by atoms with Gasteiger partial charge in [0.1, 0.15) is 8.87 Å². The second-order valence-electron chi connectivity index (χ2n) is 4.53. The lowest BCUT2D eigenvalue weighted by molar-refractivity contribution is 0.104. The van der Waals surface area contributed by atoms with Crippen molar-refractivity contribution in [3.63, 3.8) is 0 Å². The van der Waals surface area contributed by atoms with Gasteiger partial charge in [-0.05, 0) is 48.7 Å². The Kier molecular flexibility index (Phi) is 10.9.